The smallest absolute Gasteiger partial charge is 0.322 e. The average molecular weight is 456 g/mol. The van der Waals surface area contributed by atoms with E-state index in [0.29, 0.717) is 18.1 Å². The maximum absolute atomic E-state index is 12.1. The highest BCUT2D eigenvalue weighted by atomic mass is 16.8. The van der Waals surface area contributed by atoms with Gasteiger partial charge in [0.25, 0.3) is 0 Å². The van der Waals surface area contributed by atoms with E-state index in [4.69, 9.17) is 33.2 Å². The molecule has 3 saturated heterocycles. The van der Waals surface area contributed by atoms with Gasteiger partial charge in [0, 0.05) is 5.56 Å². The van der Waals surface area contributed by atoms with Gasteiger partial charge in [0.15, 0.2) is 18.9 Å². The van der Waals surface area contributed by atoms with Crippen LogP contribution in [0, 0.1) is 6.92 Å². The molecule has 3 fully saturated rings. The average Bonchev–Trinajstić information content (AvgIpc) is 3.34. The lowest BCUT2D eigenvalue weighted by Gasteiger charge is -2.31. The summed E-state index contributed by atoms with van der Waals surface area (Å²) in [6.07, 6.45) is -2.79. The van der Waals surface area contributed by atoms with Gasteiger partial charge in [-0.2, -0.15) is 0 Å². The maximum Gasteiger partial charge on any atom is 0.322 e. The molecule has 0 radical (unpaired) electrons. The molecule has 2 aromatic rings. The van der Waals surface area contributed by atoms with Crippen LogP contribution >= 0.6 is 0 Å². The van der Waals surface area contributed by atoms with E-state index in [0.717, 1.165) is 11.1 Å². The largest absolute Gasteiger partial charge is 0.426 e. The van der Waals surface area contributed by atoms with Crippen molar-refractivity contribution in [2.45, 2.75) is 57.5 Å². The van der Waals surface area contributed by atoms with Crippen molar-refractivity contribution in [3.8, 4) is 11.5 Å². The minimum absolute atomic E-state index is 0.211. The van der Waals surface area contributed by atoms with Crippen LogP contribution in [0.4, 0.5) is 0 Å². The molecule has 0 spiro atoms. The van der Waals surface area contributed by atoms with Gasteiger partial charge in [-0.25, -0.2) is 0 Å². The topological polar surface area (TPSA) is 98.8 Å². The number of fused-ring (bicyclic) bond motifs is 3. The third-order valence-electron chi connectivity index (χ3n) is 5.58. The lowest BCUT2D eigenvalue weighted by Crippen LogP contribution is -2.45. The van der Waals surface area contributed by atoms with Crippen molar-refractivity contribution < 1.29 is 42.7 Å². The Hall–Kier alpha value is -2.82. The highest BCUT2D eigenvalue weighted by molar-refractivity contribution is 5.93. The standard InChI is InChI=1S/C24H24O9/c1-13-3-7-16(8-4-13)29-19(25)11-20(26)30-17-9-5-15(6-10-17)23-32-22-21-18(31-24(22)33-23)12-27-14(2)28-21/h3-10,14,18,21-24H,11-12H2,1-2H3. The first kappa shape index (κ1) is 22.0. The molecule has 0 aliphatic carbocycles. The number of benzene rings is 2. The molecule has 2 aromatic carbocycles. The lowest BCUT2D eigenvalue weighted by atomic mass is 10.1. The van der Waals surface area contributed by atoms with Crippen LogP contribution in [0.5, 0.6) is 11.5 Å². The minimum atomic E-state index is -0.715. The molecule has 6 unspecified atom stereocenters. The van der Waals surface area contributed by atoms with E-state index in [9.17, 15) is 9.59 Å². The molecule has 0 aromatic heterocycles. The summed E-state index contributed by atoms with van der Waals surface area (Å²) in [7, 11) is 0. The molecule has 0 N–H and O–H groups in total. The molecule has 3 heterocycles. The van der Waals surface area contributed by atoms with Crippen molar-refractivity contribution in [1.82, 2.24) is 0 Å². The number of hydrogen-bond donors (Lipinski definition) is 0. The zero-order chi connectivity index (χ0) is 22.9. The minimum Gasteiger partial charge on any atom is -0.426 e. The van der Waals surface area contributed by atoms with E-state index in [1.165, 1.54) is 0 Å². The summed E-state index contributed by atoms with van der Waals surface area (Å²) in [5.74, 6) is -0.737. The summed E-state index contributed by atoms with van der Waals surface area (Å²) >= 11 is 0. The van der Waals surface area contributed by atoms with E-state index in [-0.39, 0.29) is 24.6 Å². The fraction of sp³-hybridized carbons (Fsp3) is 0.417. The first-order chi connectivity index (χ1) is 15.9. The molecule has 9 heteroatoms. The highest BCUT2D eigenvalue weighted by Gasteiger charge is 2.55. The Labute approximate surface area is 190 Å². The van der Waals surface area contributed by atoms with Crippen molar-refractivity contribution in [2.24, 2.45) is 0 Å². The third kappa shape index (κ3) is 4.92. The molecule has 9 nitrogen and oxygen atoms in total. The molecule has 174 valence electrons. The molecular formula is C24H24O9. The molecule has 0 bridgehead atoms. The highest BCUT2D eigenvalue weighted by Crippen LogP contribution is 2.42. The Bertz CT molecular complexity index is 1000. The maximum atomic E-state index is 12.1. The van der Waals surface area contributed by atoms with Crippen molar-refractivity contribution in [3.05, 3.63) is 59.7 Å². The van der Waals surface area contributed by atoms with E-state index in [1.54, 1.807) is 36.4 Å². The van der Waals surface area contributed by atoms with Gasteiger partial charge in [-0.1, -0.05) is 29.8 Å². The molecule has 0 amide bonds. The quantitative estimate of drug-likeness (QED) is 0.382. The van der Waals surface area contributed by atoms with Crippen LogP contribution in [0.15, 0.2) is 48.5 Å². The molecule has 33 heavy (non-hydrogen) atoms. The molecular weight excluding hydrogens is 432 g/mol. The number of aryl methyl sites for hydroxylation is 1. The number of carbonyl (C=O) groups excluding carboxylic acids is 2. The van der Waals surface area contributed by atoms with Gasteiger partial charge in [0.2, 0.25) is 0 Å². The fourth-order valence-electron chi connectivity index (χ4n) is 3.94. The zero-order valence-electron chi connectivity index (χ0n) is 18.2. The summed E-state index contributed by atoms with van der Waals surface area (Å²) in [5, 5.41) is 0. The van der Waals surface area contributed by atoms with Crippen LogP contribution in [0.2, 0.25) is 0 Å². The van der Waals surface area contributed by atoms with Crippen LogP contribution in [-0.2, 0) is 33.3 Å². The first-order valence-electron chi connectivity index (χ1n) is 10.8. The van der Waals surface area contributed by atoms with Crippen LogP contribution in [0.3, 0.4) is 0 Å². The van der Waals surface area contributed by atoms with Gasteiger partial charge in [-0.05, 0) is 38.1 Å². The Balaban J connectivity index is 1.12. The van der Waals surface area contributed by atoms with Gasteiger partial charge in [-0.15, -0.1) is 0 Å². The monoisotopic (exact) mass is 456 g/mol. The molecule has 5 rings (SSSR count). The zero-order valence-corrected chi connectivity index (χ0v) is 18.2. The number of esters is 2. The molecule has 3 aliphatic rings. The Kier molecular flexibility index (Phi) is 6.13. The molecule has 3 aliphatic heterocycles. The van der Waals surface area contributed by atoms with Gasteiger partial charge >= 0.3 is 11.9 Å². The van der Waals surface area contributed by atoms with Gasteiger partial charge < -0.3 is 33.2 Å². The number of carbonyl (C=O) groups is 2. The second-order valence-electron chi connectivity index (χ2n) is 8.12. The van der Waals surface area contributed by atoms with Crippen molar-refractivity contribution in [2.75, 3.05) is 6.61 Å². The van der Waals surface area contributed by atoms with Gasteiger partial charge in [-0.3, -0.25) is 9.59 Å². The normalized spacial score (nSPS) is 30.4. The van der Waals surface area contributed by atoms with Crippen LogP contribution in [0.1, 0.15) is 30.8 Å². The van der Waals surface area contributed by atoms with Crippen molar-refractivity contribution >= 4 is 11.9 Å². The number of rotatable bonds is 5. The van der Waals surface area contributed by atoms with E-state index < -0.39 is 30.9 Å². The first-order valence-corrected chi connectivity index (χ1v) is 10.8. The number of ether oxygens (including phenoxy) is 7. The van der Waals surface area contributed by atoms with Crippen LogP contribution in [-0.4, -0.2) is 49.4 Å². The summed E-state index contributed by atoms with van der Waals surface area (Å²) in [6.45, 7) is 4.20. The summed E-state index contributed by atoms with van der Waals surface area (Å²) in [5.41, 5.74) is 1.78. The van der Waals surface area contributed by atoms with E-state index in [1.807, 2.05) is 26.0 Å². The van der Waals surface area contributed by atoms with Crippen LogP contribution in [0.25, 0.3) is 0 Å². The van der Waals surface area contributed by atoms with Gasteiger partial charge in [0.05, 0.1) is 6.61 Å². The summed E-state index contributed by atoms with van der Waals surface area (Å²) < 4.78 is 39.4. The second-order valence-corrected chi connectivity index (χ2v) is 8.12. The van der Waals surface area contributed by atoms with Crippen molar-refractivity contribution in [1.29, 1.82) is 0 Å². The van der Waals surface area contributed by atoms with Gasteiger partial charge in [0.1, 0.15) is 36.2 Å². The second kappa shape index (κ2) is 9.20. The van der Waals surface area contributed by atoms with E-state index >= 15 is 0 Å². The predicted octanol–water partition coefficient (Wildman–Crippen LogP) is 2.80. The molecule has 6 atom stereocenters. The lowest BCUT2D eigenvalue weighted by molar-refractivity contribution is -0.264. The third-order valence-corrected chi connectivity index (χ3v) is 5.58. The fourth-order valence-corrected chi connectivity index (χ4v) is 3.94. The summed E-state index contributed by atoms with van der Waals surface area (Å²) in [4.78, 5) is 24.0. The van der Waals surface area contributed by atoms with E-state index in [2.05, 4.69) is 0 Å². The molecule has 0 saturated carbocycles. The Morgan fingerprint density at radius 3 is 2.15 bits per heavy atom. The predicted molar refractivity (Wildman–Crippen MR) is 111 cm³/mol. The number of hydrogen-bond acceptors (Lipinski definition) is 9. The Morgan fingerprint density at radius 2 is 1.48 bits per heavy atom. The SMILES string of the molecule is Cc1ccc(OC(=O)CC(=O)Oc2ccc(C3OC4OC5COC(C)OC5C4O3)cc2)cc1. The Morgan fingerprint density at radius 1 is 0.848 bits per heavy atom. The van der Waals surface area contributed by atoms with Crippen molar-refractivity contribution in [3.63, 3.8) is 0 Å². The van der Waals surface area contributed by atoms with Crippen LogP contribution < -0.4 is 9.47 Å². The summed E-state index contributed by atoms with van der Waals surface area (Å²) in [6, 6.07) is 13.6.